The Balaban J connectivity index is 1.43. The molecular formula is C25H26F2N6S. The molecule has 2 aromatic carbocycles. The number of nitrogens with one attached hydrogen (secondary N) is 1. The molecule has 3 aromatic rings. The number of nitrogens with zero attached hydrogens (tertiary/aromatic N) is 4. The standard InChI is InChI=1S/C25H26F2N6S/c1-17-5-8-19(9-6-17)34-31-30-24(23-20(27)3-2-4-21(23)28)33-14-13-32(16-25(33)11-12-25)22-10-7-18(26)15-29-22/h2-10,15,31H,11-14,16,28H2,1H3/b30-24+. The van der Waals surface area contributed by atoms with Crippen molar-refractivity contribution in [2.24, 2.45) is 5.10 Å². The van der Waals surface area contributed by atoms with Crippen molar-refractivity contribution in [1.82, 2.24) is 14.7 Å². The Morgan fingerprint density at radius 3 is 2.56 bits per heavy atom. The van der Waals surface area contributed by atoms with E-state index in [4.69, 9.17) is 5.73 Å². The highest BCUT2D eigenvalue weighted by molar-refractivity contribution is 7.97. The predicted molar refractivity (Wildman–Crippen MR) is 133 cm³/mol. The number of aromatic nitrogens is 1. The molecule has 2 heterocycles. The van der Waals surface area contributed by atoms with Crippen LogP contribution in [-0.4, -0.2) is 40.9 Å². The van der Waals surface area contributed by atoms with Crippen LogP contribution in [0.3, 0.4) is 0 Å². The number of aryl methyl sites for hydroxylation is 1. The van der Waals surface area contributed by atoms with Crippen molar-refractivity contribution < 1.29 is 8.78 Å². The highest BCUT2D eigenvalue weighted by Gasteiger charge is 2.53. The van der Waals surface area contributed by atoms with Gasteiger partial charge in [0, 0.05) is 42.2 Å². The van der Waals surface area contributed by atoms with Crippen molar-refractivity contribution in [3.8, 4) is 0 Å². The van der Waals surface area contributed by atoms with E-state index >= 15 is 4.39 Å². The van der Waals surface area contributed by atoms with Gasteiger partial charge in [0.2, 0.25) is 0 Å². The zero-order valence-corrected chi connectivity index (χ0v) is 19.7. The van der Waals surface area contributed by atoms with E-state index in [1.807, 2.05) is 31.2 Å². The van der Waals surface area contributed by atoms with Gasteiger partial charge in [-0.15, -0.1) is 0 Å². The lowest BCUT2D eigenvalue weighted by atomic mass is 10.0. The molecule has 176 valence electrons. The molecule has 9 heteroatoms. The Morgan fingerprint density at radius 2 is 1.88 bits per heavy atom. The van der Waals surface area contributed by atoms with Gasteiger partial charge in [-0.05, 0) is 56.2 Å². The largest absolute Gasteiger partial charge is 0.398 e. The molecule has 6 nitrogen and oxygen atoms in total. The predicted octanol–water partition coefficient (Wildman–Crippen LogP) is 4.56. The first-order valence-corrected chi connectivity index (χ1v) is 12.0. The third-order valence-corrected chi connectivity index (χ3v) is 7.07. The fourth-order valence-electron chi connectivity index (χ4n) is 4.38. The van der Waals surface area contributed by atoms with Gasteiger partial charge in [0.1, 0.15) is 17.5 Å². The van der Waals surface area contributed by atoms with Crippen LogP contribution in [0.5, 0.6) is 0 Å². The van der Waals surface area contributed by atoms with Gasteiger partial charge in [-0.3, -0.25) is 0 Å². The maximum Gasteiger partial charge on any atom is 0.162 e. The Morgan fingerprint density at radius 1 is 1.09 bits per heavy atom. The van der Waals surface area contributed by atoms with Crippen LogP contribution < -0.4 is 15.5 Å². The first kappa shape index (κ1) is 22.5. The molecule has 0 atom stereocenters. The summed E-state index contributed by atoms with van der Waals surface area (Å²) in [5, 5.41) is 4.65. The molecule has 0 bridgehead atoms. The average molecular weight is 481 g/mol. The maximum atomic E-state index is 15.0. The number of anilines is 2. The third kappa shape index (κ3) is 4.52. The van der Waals surface area contributed by atoms with E-state index in [9.17, 15) is 4.39 Å². The molecule has 0 radical (unpaired) electrons. The van der Waals surface area contributed by atoms with Crippen molar-refractivity contribution in [3.63, 3.8) is 0 Å². The van der Waals surface area contributed by atoms with E-state index in [1.54, 1.807) is 18.2 Å². The number of benzene rings is 2. The number of amidine groups is 1. The van der Waals surface area contributed by atoms with Crippen LogP contribution in [0, 0.1) is 18.6 Å². The molecule has 1 spiro atoms. The summed E-state index contributed by atoms with van der Waals surface area (Å²) in [7, 11) is 0. The molecule has 2 fully saturated rings. The number of piperazine rings is 1. The number of nitrogen functional groups attached to an aromatic ring is 1. The summed E-state index contributed by atoms with van der Waals surface area (Å²) in [5.74, 6) is 0.480. The Labute approximate surface area is 202 Å². The highest BCUT2D eigenvalue weighted by Crippen LogP contribution is 2.46. The van der Waals surface area contributed by atoms with Crippen molar-refractivity contribution >= 4 is 29.3 Å². The lowest BCUT2D eigenvalue weighted by molar-refractivity contribution is 0.258. The summed E-state index contributed by atoms with van der Waals surface area (Å²) in [6.07, 6.45) is 3.13. The van der Waals surface area contributed by atoms with E-state index in [2.05, 4.69) is 24.7 Å². The minimum Gasteiger partial charge on any atom is -0.398 e. The van der Waals surface area contributed by atoms with Crippen molar-refractivity contribution in [2.75, 3.05) is 30.3 Å². The van der Waals surface area contributed by atoms with Gasteiger partial charge in [0.25, 0.3) is 0 Å². The summed E-state index contributed by atoms with van der Waals surface area (Å²) >= 11 is 1.36. The smallest absolute Gasteiger partial charge is 0.162 e. The summed E-state index contributed by atoms with van der Waals surface area (Å²) in [6.45, 7) is 4.00. The maximum absolute atomic E-state index is 15.0. The minimum atomic E-state index is -0.403. The van der Waals surface area contributed by atoms with Gasteiger partial charge in [-0.2, -0.15) is 5.10 Å². The first-order chi connectivity index (χ1) is 16.4. The summed E-state index contributed by atoms with van der Waals surface area (Å²) in [5.41, 5.74) is 7.86. The van der Waals surface area contributed by atoms with Crippen molar-refractivity contribution in [2.45, 2.75) is 30.2 Å². The van der Waals surface area contributed by atoms with Crippen LogP contribution in [0.2, 0.25) is 0 Å². The Hall–Kier alpha value is -3.33. The number of pyridine rings is 1. The molecule has 2 aliphatic rings. The molecule has 0 unspecified atom stereocenters. The van der Waals surface area contributed by atoms with Gasteiger partial charge in [-0.25, -0.2) is 18.6 Å². The molecule has 1 saturated heterocycles. The number of hydrogen-bond acceptors (Lipinski definition) is 6. The monoisotopic (exact) mass is 480 g/mol. The zero-order chi connectivity index (χ0) is 23.7. The normalized spacial score (nSPS) is 17.2. The van der Waals surface area contributed by atoms with Crippen LogP contribution >= 0.6 is 11.9 Å². The second-order valence-electron chi connectivity index (χ2n) is 8.78. The van der Waals surface area contributed by atoms with Gasteiger partial charge in [0.05, 0.1) is 17.3 Å². The Kier molecular flexibility index (Phi) is 6.03. The third-order valence-electron chi connectivity index (χ3n) is 6.38. The fourth-order valence-corrected chi connectivity index (χ4v) is 4.89. The van der Waals surface area contributed by atoms with Crippen molar-refractivity contribution in [3.05, 3.63) is 83.6 Å². The highest BCUT2D eigenvalue weighted by atomic mass is 32.2. The lowest BCUT2D eigenvalue weighted by Crippen LogP contribution is -2.58. The van der Waals surface area contributed by atoms with Crippen LogP contribution in [0.15, 0.2) is 70.8 Å². The number of hydrogen-bond donors (Lipinski definition) is 2. The molecule has 1 aliphatic heterocycles. The van der Waals surface area contributed by atoms with Gasteiger partial charge >= 0.3 is 0 Å². The van der Waals surface area contributed by atoms with Crippen LogP contribution in [-0.2, 0) is 0 Å². The lowest BCUT2D eigenvalue weighted by Gasteiger charge is -2.44. The summed E-state index contributed by atoms with van der Waals surface area (Å²) < 4.78 is 28.4. The molecule has 0 amide bonds. The molecule has 1 saturated carbocycles. The molecule has 3 N–H and O–H groups in total. The van der Waals surface area contributed by atoms with Crippen LogP contribution in [0.25, 0.3) is 0 Å². The summed E-state index contributed by atoms with van der Waals surface area (Å²) in [6, 6.07) is 15.9. The number of halogens is 2. The summed E-state index contributed by atoms with van der Waals surface area (Å²) in [4.78, 5) is 12.6. The van der Waals surface area contributed by atoms with Crippen LogP contribution in [0.1, 0.15) is 24.0 Å². The van der Waals surface area contributed by atoms with E-state index in [0.29, 0.717) is 36.7 Å². The van der Waals surface area contributed by atoms with E-state index in [0.717, 1.165) is 23.6 Å². The van der Waals surface area contributed by atoms with E-state index in [-0.39, 0.29) is 11.4 Å². The first-order valence-electron chi connectivity index (χ1n) is 11.2. The quantitative estimate of drug-likeness (QED) is 0.183. The fraction of sp³-hybridized carbons (Fsp3) is 0.280. The van der Waals surface area contributed by atoms with Gasteiger partial charge in [-0.1, -0.05) is 23.8 Å². The minimum absolute atomic E-state index is 0.196. The van der Waals surface area contributed by atoms with Gasteiger partial charge < -0.3 is 15.5 Å². The van der Waals surface area contributed by atoms with E-state index < -0.39 is 5.82 Å². The van der Waals surface area contributed by atoms with Crippen molar-refractivity contribution in [1.29, 1.82) is 0 Å². The Bertz CT molecular complexity index is 1170. The SMILES string of the molecule is Cc1ccc(SN/N=C(\c2c(N)cccc2F)N2CCN(c3ccc(F)cn3)CC23CC3)cc1. The van der Waals surface area contributed by atoms with Crippen LogP contribution in [0.4, 0.5) is 20.3 Å². The van der Waals surface area contributed by atoms with E-state index in [1.165, 1.54) is 35.8 Å². The molecule has 5 rings (SSSR count). The second-order valence-corrected chi connectivity index (χ2v) is 9.64. The van der Waals surface area contributed by atoms with Gasteiger partial charge in [0.15, 0.2) is 5.84 Å². The molecule has 1 aliphatic carbocycles. The zero-order valence-electron chi connectivity index (χ0n) is 18.8. The molecular weight excluding hydrogens is 454 g/mol. The average Bonchev–Trinajstić information content (AvgIpc) is 3.59. The topological polar surface area (TPSA) is 69.8 Å². The number of hydrazone groups is 1. The second kappa shape index (κ2) is 9.13. The number of nitrogens with two attached hydrogens (primary N) is 1. The molecule has 1 aromatic heterocycles. The number of rotatable bonds is 5. The molecule has 34 heavy (non-hydrogen) atoms.